The molecule has 0 unspecified atom stereocenters. The lowest BCUT2D eigenvalue weighted by Crippen LogP contribution is -2.18. The van der Waals surface area contributed by atoms with Crippen LogP contribution in [0.1, 0.15) is 97.8 Å². The van der Waals surface area contributed by atoms with E-state index in [1.165, 1.54) is 77.0 Å². The van der Waals surface area contributed by atoms with Gasteiger partial charge in [-0.25, -0.2) is 0 Å². The molecule has 0 spiro atoms. The van der Waals surface area contributed by atoms with Gasteiger partial charge in [-0.15, -0.1) is 0 Å². The van der Waals surface area contributed by atoms with Crippen LogP contribution >= 0.6 is 12.6 Å². The summed E-state index contributed by atoms with van der Waals surface area (Å²) in [5, 5.41) is 0. The summed E-state index contributed by atoms with van der Waals surface area (Å²) < 4.78 is 0.321. The van der Waals surface area contributed by atoms with Crippen LogP contribution in [-0.4, -0.2) is 4.75 Å². The van der Waals surface area contributed by atoms with Gasteiger partial charge in [0.1, 0.15) is 0 Å². The molecule has 0 atom stereocenters. The zero-order chi connectivity index (χ0) is 13.0. The Morgan fingerprint density at radius 3 is 1.47 bits per heavy atom. The molecule has 0 heterocycles. The first kappa shape index (κ1) is 17.4. The van der Waals surface area contributed by atoms with Crippen molar-refractivity contribution in [3.63, 3.8) is 0 Å². The summed E-state index contributed by atoms with van der Waals surface area (Å²) in [6.07, 6.45) is 16.5. The molecule has 17 heavy (non-hydrogen) atoms. The van der Waals surface area contributed by atoms with Crippen LogP contribution in [0.2, 0.25) is 0 Å². The fourth-order valence-corrected chi connectivity index (χ4v) is 2.53. The quantitative estimate of drug-likeness (QED) is 0.304. The van der Waals surface area contributed by atoms with E-state index in [4.69, 9.17) is 12.6 Å². The van der Waals surface area contributed by atoms with Crippen molar-refractivity contribution in [3.8, 4) is 0 Å². The van der Waals surface area contributed by atoms with Crippen LogP contribution in [0.4, 0.5) is 0 Å². The summed E-state index contributed by atoms with van der Waals surface area (Å²) >= 11 is 4.80. The van der Waals surface area contributed by atoms with Gasteiger partial charge in [-0.2, -0.15) is 12.6 Å². The lowest BCUT2D eigenvalue weighted by atomic mass is 9.94. The third-order valence-corrected chi connectivity index (χ3v) is 4.92. The average molecular weight is 259 g/mol. The van der Waals surface area contributed by atoms with Crippen molar-refractivity contribution in [2.45, 2.75) is 103 Å². The van der Waals surface area contributed by atoms with Crippen molar-refractivity contribution in [1.29, 1.82) is 0 Å². The van der Waals surface area contributed by atoms with Crippen molar-refractivity contribution < 1.29 is 0 Å². The Hall–Kier alpha value is 0.350. The van der Waals surface area contributed by atoms with Crippen molar-refractivity contribution in [2.24, 2.45) is 0 Å². The predicted molar refractivity (Wildman–Crippen MR) is 84.1 cm³/mol. The number of unbranched alkanes of at least 4 members (excludes halogenated alkanes) is 8. The van der Waals surface area contributed by atoms with E-state index in [2.05, 4.69) is 20.8 Å². The standard InChI is InChI=1S/C16H34S/c1-4-7-8-9-10-11-12-13-14-15-16(17,5-2)6-3/h17H,4-15H2,1-3H3. The molecule has 0 N–H and O–H groups in total. The van der Waals surface area contributed by atoms with Crippen LogP contribution in [0.25, 0.3) is 0 Å². The van der Waals surface area contributed by atoms with Gasteiger partial charge in [0.25, 0.3) is 0 Å². The van der Waals surface area contributed by atoms with Crippen LogP contribution in [0, 0.1) is 0 Å². The normalized spacial score (nSPS) is 12.0. The first-order valence-corrected chi connectivity index (χ1v) is 8.35. The van der Waals surface area contributed by atoms with Crippen LogP contribution in [-0.2, 0) is 0 Å². The minimum Gasteiger partial charge on any atom is -0.173 e. The third kappa shape index (κ3) is 10.00. The van der Waals surface area contributed by atoms with Gasteiger partial charge < -0.3 is 0 Å². The van der Waals surface area contributed by atoms with Gasteiger partial charge in [0.2, 0.25) is 0 Å². The molecule has 0 saturated heterocycles. The first-order valence-electron chi connectivity index (χ1n) is 7.91. The minimum absolute atomic E-state index is 0.321. The highest BCUT2D eigenvalue weighted by molar-refractivity contribution is 7.81. The molecule has 0 rings (SSSR count). The summed E-state index contributed by atoms with van der Waals surface area (Å²) in [6.45, 7) is 6.82. The molecule has 0 nitrogen and oxygen atoms in total. The fourth-order valence-electron chi connectivity index (χ4n) is 2.37. The number of hydrogen-bond acceptors (Lipinski definition) is 1. The molecule has 0 bridgehead atoms. The van der Waals surface area contributed by atoms with Crippen molar-refractivity contribution >= 4 is 12.6 Å². The van der Waals surface area contributed by atoms with Gasteiger partial charge in [-0.3, -0.25) is 0 Å². The van der Waals surface area contributed by atoms with E-state index in [1.54, 1.807) is 0 Å². The molecule has 0 aliphatic carbocycles. The Bertz CT molecular complexity index is 150. The van der Waals surface area contributed by atoms with Gasteiger partial charge in [0.15, 0.2) is 0 Å². The zero-order valence-corrected chi connectivity index (χ0v) is 13.3. The van der Waals surface area contributed by atoms with Gasteiger partial charge in [0, 0.05) is 4.75 Å². The highest BCUT2D eigenvalue weighted by Gasteiger charge is 2.19. The second-order valence-corrected chi connectivity index (χ2v) is 6.46. The Morgan fingerprint density at radius 2 is 1.06 bits per heavy atom. The van der Waals surface area contributed by atoms with Gasteiger partial charge in [0.05, 0.1) is 0 Å². The largest absolute Gasteiger partial charge is 0.173 e. The molecule has 0 radical (unpaired) electrons. The molecule has 0 aliphatic rings. The molecule has 104 valence electrons. The second kappa shape index (κ2) is 11.4. The summed E-state index contributed by atoms with van der Waals surface area (Å²) in [5.74, 6) is 0. The Balaban J connectivity index is 3.23. The Labute approximate surface area is 115 Å². The molecular weight excluding hydrogens is 224 g/mol. The van der Waals surface area contributed by atoms with E-state index in [-0.39, 0.29) is 0 Å². The molecule has 0 aromatic rings. The molecule has 0 aliphatic heterocycles. The first-order chi connectivity index (χ1) is 8.18. The molecule has 0 fully saturated rings. The predicted octanol–water partition coefficient (Wildman–Crippen LogP) is 6.40. The van der Waals surface area contributed by atoms with Gasteiger partial charge >= 0.3 is 0 Å². The highest BCUT2D eigenvalue weighted by atomic mass is 32.1. The molecule has 0 amide bonds. The summed E-state index contributed by atoms with van der Waals surface area (Å²) in [7, 11) is 0. The second-order valence-electron chi connectivity index (χ2n) is 5.51. The smallest absolute Gasteiger partial charge is 0.0124 e. The van der Waals surface area contributed by atoms with Gasteiger partial charge in [-0.1, -0.05) is 78.6 Å². The van der Waals surface area contributed by atoms with Crippen molar-refractivity contribution in [3.05, 3.63) is 0 Å². The van der Waals surface area contributed by atoms with E-state index >= 15 is 0 Å². The lowest BCUT2D eigenvalue weighted by Gasteiger charge is -2.25. The summed E-state index contributed by atoms with van der Waals surface area (Å²) in [4.78, 5) is 0. The maximum absolute atomic E-state index is 4.80. The molecule has 0 aromatic heterocycles. The lowest BCUT2D eigenvalue weighted by molar-refractivity contribution is 0.470. The molecule has 1 heteroatoms. The zero-order valence-electron chi connectivity index (χ0n) is 12.4. The van der Waals surface area contributed by atoms with E-state index in [0.29, 0.717) is 4.75 Å². The van der Waals surface area contributed by atoms with E-state index < -0.39 is 0 Å². The maximum Gasteiger partial charge on any atom is 0.0124 e. The number of hydrogen-bond donors (Lipinski definition) is 1. The van der Waals surface area contributed by atoms with Crippen molar-refractivity contribution in [1.82, 2.24) is 0 Å². The minimum atomic E-state index is 0.321. The van der Waals surface area contributed by atoms with Crippen LogP contribution in [0.5, 0.6) is 0 Å². The van der Waals surface area contributed by atoms with Crippen LogP contribution < -0.4 is 0 Å². The third-order valence-electron chi connectivity index (χ3n) is 4.06. The monoisotopic (exact) mass is 258 g/mol. The summed E-state index contributed by atoms with van der Waals surface area (Å²) in [5.41, 5.74) is 0. The molecule has 0 aromatic carbocycles. The van der Waals surface area contributed by atoms with Crippen molar-refractivity contribution in [2.75, 3.05) is 0 Å². The number of thiol groups is 1. The Kier molecular flexibility index (Phi) is 11.7. The molecule has 0 saturated carbocycles. The Morgan fingerprint density at radius 1 is 0.647 bits per heavy atom. The number of rotatable bonds is 12. The topological polar surface area (TPSA) is 0 Å². The highest BCUT2D eigenvalue weighted by Crippen LogP contribution is 2.29. The van der Waals surface area contributed by atoms with E-state index in [0.717, 1.165) is 0 Å². The summed E-state index contributed by atoms with van der Waals surface area (Å²) in [6, 6.07) is 0. The van der Waals surface area contributed by atoms with Crippen LogP contribution in [0.3, 0.4) is 0 Å². The average Bonchev–Trinajstić information content (AvgIpc) is 2.36. The fraction of sp³-hybridized carbons (Fsp3) is 1.00. The maximum atomic E-state index is 4.80. The van der Waals surface area contributed by atoms with Crippen LogP contribution in [0.15, 0.2) is 0 Å². The van der Waals surface area contributed by atoms with E-state index in [9.17, 15) is 0 Å². The van der Waals surface area contributed by atoms with E-state index in [1.807, 2.05) is 0 Å². The molecular formula is C16H34S. The van der Waals surface area contributed by atoms with Gasteiger partial charge in [-0.05, 0) is 19.3 Å². The SMILES string of the molecule is CCCCCCCCCCCC(S)(CC)CC.